The monoisotopic (exact) mass is 252 g/mol. The second-order valence-electron chi connectivity index (χ2n) is 5.12. The number of nitrogen functional groups attached to an aromatic ring is 1. The lowest BCUT2D eigenvalue weighted by Crippen LogP contribution is -2.16. The summed E-state index contributed by atoms with van der Waals surface area (Å²) in [6, 6.07) is 0.191. The maximum atomic E-state index is 11.0. The van der Waals surface area contributed by atoms with Crippen LogP contribution in [0.5, 0.6) is 0 Å². The number of hydrogen-bond donors (Lipinski definition) is 3. The molecular formula is C10H16N6O2. The molecule has 0 bridgehead atoms. The van der Waals surface area contributed by atoms with Gasteiger partial charge >= 0.3 is 5.69 Å². The number of aromatic nitrogens is 2. The molecule has 1 fully saturated rings. The number of aryl methyl sites for hydroxylation is 1. The molecule has 1 aliphatic carbocycles. The molecule has 0 aromatic carbocycles. The molecule has 0 spiro atoms. The largest absolute Gasteiger partial charge is 0.361 e. The Balaban J connectivity index is 2.36. The number of rotatable bonds is 4. The van der Waals surface area contributed by atoms with E-state index in [4.69, 9.17) is 5.84 Å². The summed E-state index contributed by atoms with van der Waals surface area (Å²) in [4.78, 5) is 18.5. The Morgan fingerprint density at radius 1 is 1.50 bits per heavy atom. The average molecular weight is 252 g/mol. The Kier molecular flexibility index (Phi) is 2.81. The second-order valence-corrected chi connectivity index (χ2v) is 5.12. The number of nitrogens with one attached hydrogen (secondary N) is 2. The van der Waals surface area contributed by atoms with Gasteiger partial charge in [-0.3, -0.25) is 15.5 Å². The van der Waals surface area contributed by atoms with Crippen molar-refractivity contribution >= 4 is 17.5 Å². The van der Waals surface area contributed by atoms with E-state index in [-0.39, 0.29) is 34.6 Å². The first-order valence-corrected chi connectivity index (χ1v) is 5.61. The third kappa shape index (κ3) is 2.19. The highest BCUT2D eigenvalue weighted by Gasteiger charge is 2.46. The van der Waals surface area contributed by atoms with Crippen molar-refractivity contribution in [3.05, 3.63) is 15.8 Å². The van der Waals surface area contributed by atoms with Crippen LogP contribution in [0.1, 0.15) is 26.0 Å². The van der Waals surface area contributed by atoms with Crippen molar-refractivity contribution in [3.8, 4) is 0 Å². The lowest BCUT2D eigenvalue weighted by molar-refractivity contribution is -0.385. The molecule has 8 heteroatoms. The summed E-state index contributed by atoms with van der Waals surface area (Å²) in [5, 5.41) is 14.1. The van der Waals surface area contributed by atoms with Gasteiger partial charge in [0.1, 0.15) is 5.69 Å². The van der Waals surface area contributed by atoms with Crippen molar-refractivity contribution < 1.29 is 4.92 Å². The third-order valence-electron chi connectivity index (χ3n) is 3.19. The highest BCUT2D eigenvalue weighted by atomic mass is 16.6. The first-order valence-electron chi connectivity index (χ1n) is 5.61. The molecule has 2 rings (SSSR count). The summed E-state index contributed by atoms with van der Waals surface area (Å²) in [5.74, 6) is 5.63. The SMILES string of the molecule is Cc1nc(NN)nc(NC2CC2(C)C)c1[N+](=O)[O-]. The predicted octanol–water partition coefficient (Wildman–Crippen LogP) is 1.19. The van der Waals surface area contributed by atoms with Crippen LogP contribution in [0.15, 0.2) is 0 Å². The molecule has 0 saturated heterocycles. The van der Waals surface area contributed by atoms with E-state index in [1.54, 1.807) is 6.92 Å². The number of nitro groups is 1. The van der Waals surface area contributed by atoms with Crippen LogP contribution in [-0.2, 0) is 0 Å². The van der Waals surface area contributed by atoms with Gasteiger partial charge in [-0.25, -0.2) is 10.8 Å². The van der Waals surface area contributed by atoms with Gasteiger partial charge in [0, 0.05) is 6.04 Å². The van der Waals surface area contributed by atoms with E-state index in [2.05, 4.69) is 34.6 Å². The quantitative estimate of drug-likeness (QED) is 0.418. The van der Waals surface area contributed by atoms with E-state index in [0.29, 0.717) is 0 Å². The maximum Gasteiger partial charge on any atom is 0.332 e. The molecule has 1 unspecified atom stereocenters. The number of hydrazine groups is 1. The first-order chi connectivity index (χ1) is 8.35. The van der Waals surface area contributed by atoms with E-state index in [1.165, 1.54) is 0 Å². The highest BCUT2D eigenvalue weighted by molar-refractivity contribution is 5.61. The van der Waals surface area contributed by atoms with Gasteiger partial charge in [0.25, 0.3) is 0 Å². The van der Waals surface area contributed by atoms with E-state index in [0.717, 1.165) is 6.42 Å². The zero-order valence-electron chi connectivity index (χ0n) is 10.5. The van der Waals surface area contributed by atoms with Crippen molar-refractivity contribution in [2.45, 2.75) is 33.2 Å². The van der Waals surface area contributed by atoms with Crippen LogP contribution < -0.4 is 16.6 Å². The summed E-state index contributed by atoms with van der Waals surface area (Å²) in [6.07, 6.45) is 0.957. The van der Waals surface area contributed by atoms with Crippen LogP contribution in [0.4, 0.5) is 17.5 Å². The smallest absolute Gasteiger partial charge is 0.332 e. The van der Waals surface area contributed by atoms with Crippen molar-refractivity contribution in [3.63, 3.8) is 0 Å². The number of anilines is 2. The summed E-state index contributed by atoms with van der Waals surface area (Å²) in [6.45, 7) is 5.74. The molecule has 98 valence electrons. The molecule has 0 radical (unpaired) electrons. The van der Waals surface area contributed by atoms with Gasteiger partial charge in [-0.1, -0.05) is 13.8 Å². The van der Waals surface area contributed by atoms with Gasteiger partial charge in [0.2, 0.25) is 11.8 Å². The summed E-state index contributed by atoms with van der Waals surface area (Å²) >= 11 is 0. The molecule has 1 heterocycles. The van der Waals surface area contributed by atoms with Crippen LogP contribution in [0.25, 0.3) is 0 Å². The summed E-state index contributed by atoms with van der Waals surface area (Å²) in [7, 11) is 0. The van der Waals surface area contributed by atoms with Gasteiger partial charge in [-0.2, -0.15) is 4.98 Å². The fraction of sp³-hybridized carbons (Fsp3) is 0.600. The Labute approximate surface area is 104 Å². The molecule has 4 N–H and O–H groups in total. The maximum absolute atomic E-state index is 11.0. The molecule has 0 amide bonds. The molecule has 0 aliphatic heterocycles. The molecular weight excluding hydrogens is 236 g/mol. The van der Waals surface area contributed by atoms with E-state index in [9.17, 15) is 10.1 Å². The van der Waals surface area contributed by atoms with Gasteiger partial charge < -0.3 is 5.32 Å². The standard InChI is InChI=1S/C10H16N6O2/c1-5-7(16(17)18)8(14-9(12-5)15-11)13-6-4-10(6,2)3/h6H,4,11H2,1-3H3,(H2,12,13,14,15). The number of hydrogen-bond acceptors (Lipinski definition) is 7. The van der Waals surface area contributed by atoms with Crippen LogP contribution in [0, 0.1) is 22.5 Å². The van der Waals surface area contributed by atoms with Crippen molar-refractivity contribution in [2.75, 3.05) is 10.7 Å². The van der Waals surface area contributed by atoms with Gasteiger partial charge in [-0.05, 0) is 18.8 Å². The second kappa shape index (κ2) is 4.05. The van der Waals surface area contributed by atoms with Gasteiger partial charge in [0.15, 0.2) is 0 Å². The Morgan fingerprint density at radius 3 is 2.56 bits per heavy atom. The van der Waals surface area contributed by atoms with Gasteiger partial charge in [0.05, 0.1) is 4.92 Å². The summed E-state index contributed by atoms with van der Waals surface area (Å²) < 4.78 is 0. The van der Waals surface area contributed by atoms with Crippen LogP contribution in [0.2, 0.25) is 0 Å². The lowest BCUT2D eigenvalue weighted by atomic mass is 10.2. The van der Waals surface area contributed by atoms with Crippen LogP contribution in [-0.4, -0.2) is 20.9 Å². The van der Waals surface area contributed by atoms with Crippen LogP contribution >= 0.6 is 0 Å². The minimum absolute atomic E-state index is 0.100. The average Bonchev–Trinajstić information content (AvgIpc) is 2.84. The first kappa shape index (κ1) is 12.5. The molecule has 1 saturated carbocycles. The van der Waals surface area contributed by atoms with Crippen molar-refractivity contribution in [2.24, 2.45) is 11.3 Å². The Hall–Kier alpha value is -1.96. The van der Waals surface area contributed by atoms with Crippen LogP contribution in [0.3, 0.4) is 0 Å². The summed E-state index contributed by atoms with van der Waals surface area (Å²) in [5.41, 5.74) is 2.63. The number of nitrogens with zero attached hydrogens (tertiary/aromatic N) is 3. The van der Waals surface area contributed by atoms with Crippen molar-refractivity contribution in [1.29, 1.82) is 0 Å². The molecule has 1 aromatic rings. The highest BCUT2D eigenvalue weighted by Crippen LogP contribution is 2.47. The lowest BCUT2D eigenvalue weighted by Gasteiger charge is -2.10. The minimum atomic E-state index is -0.479. The molecule has 1 atom stereocenters. The Bertz CT molecular complexity index is 501. The molecule has 8 nitrogen and oxygen atoms in total. The Morgan fingerprint density at radius 2 is 2.11 bits per heavy atom. The van der Waals surface area contributed by atoms with Crippen molar-refractivity contribution in [1.82, 2.24) is 9.97 Å². The molecule has 1 aromatic heterocycles. The van der Waals surface area contributed by atoms with E-state index >= 15 is 0 Å². The van der Waals surface area contributed by atoms with Gasteiger partial charge in [-0.15, -0.1) is 0 Å². The molecule has 18 heavy (non-hydrogen) atoms. The third-order valence-corrected chi connectivity index (χ3v) is 3.19. The fourth-order valence-electron chi connectivity index (χ4n) is 1.83. The fourth-order valence-corrected chi connectivity index (χ4v) is 1.83. The zero-order chi connectivity index (χ0) is 13.5. The van der Waals surface area contributed by atoms with E-state index < -0.39 is 4.92 Å². The topological polar surface area (TPSA) is 119 Å². The number of nitrogens with two attached hydrogens (primary N) is 1. The minimum Gasteiger partial charge on any atom is -0.361 e. The normalized spacial score (nSPS) is 20.3. The molecule has 1 aliphatic rings. The van der Waals surface area contributed by atoms with E-state index in [1.807, 2.05) is 0 Å². The zero-order valence-corrected chi connectivity index (χ0v) is 10.5. The predicted molar refractivity (Wildman–Crippen MR) is 67.0 cm³/mol.